The molecule has 0 saturated heterocycles. The van der Waals surface area contributed by atoms with Gasteiger partial charge in [0, 0.05) is 49.0 Å². The molecule has 0 radical (unpaired) electrons. The third-order valence-electron chi connectivity index (χ3n) is 5.94. The minimum atomic E-state index is -3.67. The maximum Gasteiger partial charge on any atom is 0.232 e. The second-order valence-electron chi connectivity index (χ2n) is 9.02. The van der Waals surface area contributed by atoms with Crippen molar-refractivity contribution in [2.45, 2.75) is 27.2 Å². The van der Waals surface area contributed by atoms with Crippen molar-refractivity contribution < 1.29 is 22.3 Å². The van der Waals surface area contributed by atoms with Crippen LogP contribution in [0.2, 0.25) is 0 Å². The molecule has 4 rings (SSSR count). The van der Waals surface area contributed by atoms with Crippen LogP contribution in [-0.2, 0) is 14.8 Å². The van der Waals surface area contributed by atoms with E-state index in [-0.39, 0.29) is 22.8 Å². The smallest absolute Gasteiger partial charge is 0.232 e. The number of ether oxygens (including phenoxy) is 2. The van der Waals surface area contributed by atoms with E-state index in [0.29, 0.717) is 58.9 Å². The third kappa shape index (κ3) is 8.24. The van der Waals surface area contributed by atoms with E-state index in [9.17, 15) is 8.42 Å². The van der Waals surface area contributed by atoms with Gasteiger partial charge >= 0.3 is 0 Å². The first-order chi connectivity index (χ1) is 20.2. The molecule has 0 aliphatic heterocycles. The van der Waals surface area contributed by atoms with E-state index in [4.69, 9.17) is 20.9 Å². The van der Waals surface area contributed by atoms with Crippen LogP contribution < -0.4 is 26.2 Å². The van der Waals surface area contributed by atoms with Crippen molar-refractivity contribution in [2.75, 3.05) is 54.9 Å². The number of hydrogen-bond acceptors (Lipinski definition) is 10. The van der Waals surface area contributed by atoms with Gasteiger partial charge in [-0.2, -0.15) is 0 Å². The van der Waals surface area contributed by atoms with Gasteiger partial charge in [0.25, 0.3) is 0 Å². The van der Waals surface area contributed by atoms with Crippen LogP contribution >= 0.6 is 0 Å². The number of halogens is 1. The molecule has 0 saturated carbocycles. The Kier molecular flexibility index (Phi) is 11.8. The zero-order chi connectivity index (χ0) is 30.7. The van der Waals surface area contributed by atoms with E-state index in [1.807, 2.05) is 19.9 Å². The number of benzene rings is 2. The molecule has 4 aromatic rings. The molecule has 2 heterocycles. The monoisotopic (exact) mass is 599 g/mol. The Balaban J connectivity index is 0.000000892. The molecule has 0 aliphatic carbocycles. The van der Waals surface area contributed by atoms with Crippen molar-refractivity contribution in [1.82, 2.24) is 15.0 Å². The van der Waals surface area contributed by atoms with Crippen LogP contribution in [0.15, 0.2) is 48.7 Å². The number of nitrogens with one attached hydrogen (secondary N) is 2. The van der Waals surface area contributed by atoms with Crippen molar-refractivity contribution in [3.05, 3.63) is 54.5 Å². The lowest BCUT2D eigenvalue weighted by Crippen LogP contribution is -2.17. The SMILES string of the molecule is CCCS(=O)(=O)Nc1cccc(-c2cc(OC)c3nc(-c4ccc(NCCN)nc4)nc(N)c3c2)c1F.CCOCC. The van der Waals surface area contributed by atoms with E-state index in [2.05, 4.69) is 25.0 Å². The Morgan fingerprint density at radius 1 is 1.02 bits per heavy atom. The molecule has 0 spiro atoms. The average Bonchev–Trinajstić information content (AvgIpc) is 2.97. The van der Waals surface area contributed by atoms with E-state index >= 15 is 4.39 Å². The molecule has 0 atom stereocenters. The number of nitrogens with zero attached hydrogens (tertiary/aromatic N) is 3. The number of fused-ring (bicyclic) bond motifs is 1. The van der Waals surface area contributed by atoms with Crippen LogP contribution in [0.5, 0.6) is 5.75 Å². The summed E-state index contributed by atoms with van der Waals surface area (Å²) in [6, 6.07) is 11.4. The molecule has 0 bridgehead atoms. The number of rotatable bonds is 12. The summed E-state index contributed by atoms with van der Waals surface area (Å²) in [4.78, 5) is 13.4. The molecule has 6 N–H and O–H groups in total. The van der Waals surface area contributed by atoms with Crippen LogP contribution in [0.25, 0.3) is 33.4 Å². The molecule has 42 heavy (non-hydrogen) atoms. The Morgan fingerprint density at radius 2 is 1.79 bits per heavy atom. The number of nitrogens with two attached hydrogens (primary N) is 2. The molecule has 0 unspecified atom stereocenters. The molecular formula is C29H38FN7O4S. The van der Waals surface area contributed by atoms with Crippen molar-refractivity contribution >= 4 is 38.2 Å². The maximum absolute atomic E-state index is 15.4. The standard InChI is InChI=1S/C25H28FN7O3S.C4H10O/c1-3-11-37(34,35)33-19-6-4-5-17(22(19)26)16-12-18-23(20(13-16)36-2)31-25(32-24(18)28)15-7-8-21(30-14-15)29-10-9-27;1-3-5-4-2/h4-8,12-14,33H,3,9-11,27H2,1-2H3,(H,29,30)(H2,28,31,32);3-4H2,1-2H3. The van der Waals surface area contributed by atoms with Gasteiger partial charge in [-0.05, 0) is 56.2 Å². The molecule has 0 fully saturated rings. The van der Waals surface area contributed by atoms with Crippen molar-refractivity contribution in [3.63, 3.8) is 0 Å². The first kappa shape index (κ1) is 32.4. The summed E-state index contributed by atoms with van der Waals surface area (Å²) in [6.07, 6.45) is 2.03. The highest BCUT2D eigenvalue weighted by atomic mass is 32.2. The zero-order valence-electron chi connectivity index (χ0n) is 24.3. The number of methoxy groups -OCH3 is 1. The lowest BCUT2D eigenvalue weighted by Gasteiger charge is -2.14. The Bertz CT molecular complexity index is 1580. The highest BCUT2D eigenvalue weighted by Crippen LogP contribution is 2.37. The summed E-state index contributed by atoms with van der Waals surface area (Å²) in [5.41, 5.74) is 13.4. The molecule has 226 valence electrons. The number of pyridine rings is 1. The third-order valence-corrected chi connectivity index (χ3v) is 7.42. The number of sulfonamides is 1. The largest absolute Gasteiger partial charge is 0.494 e. The molecule has 2 aromatic carbocycles. The van der Waals surface area contributed by atoms with Crippen molar-refractivity contribution in [2.24, 2.45) is 5.73 Å². The fraction of sp³-hybridized carbons (Fsp3) is 0.345. The van der Waals surface area contributed by atoms with E-state index < -0.39 is 15.8 Å². The molecule has 2 aromatic heterocycles. The highest BCUT2D eigenvalue weighted by Gasteiger charge is 2.19. The van der Waals surface area contributed by atoms with Gasteiger partial charge in [0.2, 0.25) is 10.0 Å². The van der Waals surface area contributed by atoms with Gasteiger partial charge in [-0.25, -0.2) is 27.8 Å². The average molecular weight is 600 g/mol. The predicted octanol–water partition coefficient (Wildman–Crippen LogP) is 4.65. The quantitative estimate of drug-likeness (QED) is 0.180. The summed E-state index contributed by atoms with van der Waals surface area (Å²) in [5, 5.41) is 3.55. The van der Waals surface area contributed by atoms with Crippen LogP contribution in [0.1, 0.15) is 27.2 Å². The Hall–Kier alpha value is -4.07. The Morgan fingerprint density at radius 3 is 2.38 bits per heavy atom. The normalized spacial score (nSPS) is 11.1. The molecule has 13 heteroatoms. The van der Waals surface area contributed by atoms with E-state index in [0.717, 1.165) is 13.2 Å². The summed E-state index contributed by atoms with van der Waals surface area (Å²) in [6.45, 7) is 8.48. The van der Waals surface area contributed by atoms with Crippen LogP contribution in [-0.4, -0.2) is 62.5 Å². The van der Waals surface area contributed by atoms with Crippen molar-refractivity contribution in [1.29, 1.82) is 0 Å². The van der Waals surface area contributed by atoms with Gasteiger partial charge in [-0.3, -0.25) is 4.72 Å². The summed E-state index contributed by atoms with van der Waals surface area (Å²) >= 11 is 0. The maximum atomic E-state index is 15.4. The number of aromatic nitrogens is 3. The fourth-order valence-corrected chi connectivity index (χ4v) is 5.15. The van der Waals surface area contributed by atoms with Crippen molar-refractivity contribution in [3.8, 4) is 28.3 Å². The van der Waals surface area contributed by atoms with E-state index in [1.54, 1.807) is 43.5 Å². The Labute approximate surface area is 245 Å². The lowest BCUT2D eigenvalue weighted by atomic mass is 10.0. The first-order valence-electron chi connectivity index (χ1n) is 13.6. The predicted molar refractivity (Wildman–Crippen MR) is 167 cm³/mol. The van der Waals surface area contributed by atoms with Gasteiger partial charge in [-0.15, -0.1) is 0 Å². The highest BCUT2D eigenvalue weighted by molar-refractivity contribution is 7.92. The van der Waals surface area contributed by atoms with Crippen LogP contribution in [0, 0.1) is 5.82 Å². The van der Waals surface area contributed by atoms with Gasteiger partial charge in [0.15, 0.2) is 11.6 Å². The topological polar surface area (TPSA) is 167 Å². The van der Waals surface area contributed by atoms with E-state index in [1.165, 1.54) is 13.2 Å². The number of nitrogen functional groups attached to an aromatic ring is 1. The van der Waals surface area contributed by atoms with Crippen LogP contribution in [0.3, 0.4) is 0 Å². The number of anilines is 3. The van der Waals surface area contributed by atoms with Gasteiger partial charge in [-0.1, -0.05) is 19.1 Å². The summed E-state index contributed by atoms with van der Waals surface area (Å²) in [5.74, 6) is 0.728. The first-order valence-corrected chi connectivity index (χ1v) is 15.3. The lowest BCUT2D eigenvalue weighted by molar-refractivity contribution is 0.162. The zero-order valence-corrected chi connectivity index (χ0v) is 25.1. The minimum Gasteiger partial charge on any atom is -0.494 e. The van der Waals surface area contributed by atoms with Gasteiger partial charge in [0.05, 0.1) is 18.6 Å². The van der Waals surface area contributed by atoms with Crippen LogP contribution in [0.4, 0.5) is 21.7 Å². The molecular weight excluding hydrogens is 561 g/mol. The van der Waals surface area contributed by atoms with Gasteiger partial charge in [0.1, 0.15) is 22.9 Å². The summed E-state index contributed by atoms with van der Waals surface area (Å²) in [7, 11) is -2.19. The van der Waals surface area contributed by atoms with Gasteiger partial charge < -0.3 is 26.3 Å². The molecule has 0 amide bonds. The summed E-state index contributed by atoms with van der Waals surface area (Å²) < 4.78 is 52.5. The molecule has 11 nitrogen and oxygen atoms in total. The minimum absolute atomic E-state index is 0.112. The molecule has 0 aliphatic rings. The number of hydrogen-bond donors (Lipinski definition) is 4. The second kappa shape index (κ2) is 15.2. The fourth-order valence-electron chi connectivity index (χ4n) is 4.02. The second-order valence-corrected chi connectivity index (χ2v) is 10.9.